The molecule has 1 aromatic carbocycles. The molecule has 1 amide bonds. The van der Waals surface area contributed by atoms with Gasteiger partial charge in [-0.15, -0.1) is 11.3 Å². The number of nitrogens with zero attached hydrogens (tertiary/aromatic N) is 3. The van der Waals surface area contributed by atoms with Gasteiger partial charge in [0.2, 0.25) is 0 Å². The van der Waals surface area contributed by atoms with Gasteiger partial charge in [-0.2, -0.15) is 5.10 Å². The summed E-state index contributed by atoms with van der Waals surface area (Å²) in [6, 6.07) is 10.1. The van der Waals surface area contributed by atoms with Crippen LogP contribution in [0, 0.1) is 0 Å². The van der Waals surface area contributed by atoms with Gasteiger partial charge in [0, 0.05) is 25.2 Å². The van der Waals surface area contributed by atoms with Gasteiger partial charge in [0.05, 0.1) is 16.9 Å². The first kappa shape index (κ1) is 17.4. The summed E-state index contributed by atoms with van der Waals surface area (Å²) >= 11 is 1.45. The molecular weight excluding hydrogens is 332 g/mol. The minimum Gasteiger partial charge on any atom is -0.347 e. The molecule has 0 aliphatic rings. The first-order chi connectivity index (χ1) is 11.8. The van der Waals surface area contributed by atoms with E-state index in [0.29, 0.717) is 11.4 Å². The van der Waals surface area contributed by atoms with Crippen LogP contribution in [0.4, 0.5) is 0 Å². The van der Waals surface area contributed by atoms with Gasteiger partial charge in [0.25, 0.3) is 5.91 Å². The molecule has 0 spiro atoms. The van der Waals surface area contributed by atoms with Crippen molar-refractivity contribution in [2.24, 2.45) is 7.05 Å². The van der Waals surface area contributed by atoms with Crippen LogP contribution in [0.5, 0.6) is 0 Å². The van der Waals surface area contributed by atoms with Crippen LogP contribution in [0.1, 0.15) is 41.0 Å². The third kappa shape index (κ3) is 3.96. The van der Waals surface area contributed by atoms with Crippen molar-refractivity contribution >= 4 is 17.2 Å². The predicted molar refractivity (Wildman–Crippen MR) is 101 cm³/mol. The second kappa shape index (κ2) is 6.80. The minimum atomic E-state index is -0.0799. The Bertz CT molecular complexity index is 871. The summed E-state index contributed by atoms with van der Waals surface area (Å²) in [5.74, 6) is -0.0799. The summed E-state index contributed by atoms with van der Waals surface area (Å²) in [6.45, 7) is 6.78. The molecule has 3 aromatic rings. The highest BCUT2D eigenvalue weighted by molar-refractivity contribution is 7.13. The van der Waals surface area contributed by atoms with Gasteiger partial charge < -0.3 is 5.32 Å². The molecule has 2 heterocycles. The number of benzene rings is 1. The summed E-state index contributed by atoms with van der Waals surface area (Å²) in [5.41, 5.74) is 3.19. The molecule has 2 aromatic heterocycles. The van der Waals surface area contributed by atoms with Crippen molar-refractivity contribution in [3.05, 3.63) is 58.2 Å². The van der Waals surface area contributed by atoms with Crippen molar-refractivity contribution in [3.8, 4) is 11.3 Å². The Morgan fingerprint density at radius 3 is 2.48 bits per heavy atom. The van der Waals surface area contributed by atoms with E-state index in [1.807, 2.05) is 42.1 Å². The molecule has 0 unspecified atom stereocenters. The number of carbonyl (C=O) groups excluding carboxylic acids is 1. The average Bonchev–Trinajstić information content (AvgIpc) is 3.22. The van der Waals surface area contributed by atoms with Crippen molar-refractivity contribution in [2.75, 3.05) is 0 Å². The fourth-order valence-electron chi connectivity index (χ4n) is 2.45. The van der Waals surface area contributed by atoms with Crippen LogP contribution in [0.2, 0.25) is 0 Å². The number of hydrogen-bond acceptors (Lipinski definition) is 4. The largest absolute Gasteiger partial charge is 0.347 e. The van der Waals surface area contributed by atoms with E-state index in [9.17, 15) is 4.79 Å². The summed E-state index contributed by atoms with van der Waals surface area (Å²) in [6.07, 6.45) is 3.44. The molecular formula is C19H22N4OS. The van der Waals surface area contributed by atoms with Gasteiger partial charge in [-0.3, -0.25) is 9.48 Å². The summed E-state index contributed by atoms with van der Waals surface area (Å²) in [7, 11) is 1.92. The highest BCUT2D eigenvalue weighted by Gasteiger charge is 2.20. The van der Waals surface area contributed by atoms with Crippen LogP contribution in [0.15, 0.2) is 42.7 Å². The molecule has 130 valence electrons. The Labute approximate surface area is 151 Å². The Morgan fingerprint density at radius 1 is 1.20 bits per heavy atom. The van der Waals surface area contributed by atoms with Crippen LogP contribution in [-0.2, 0) is 19.0 Å². The van der Waals surface area contributed by atoms with E-state index < -0.39 is 0 Å². The number of thiazole rings is 1. The zero-order chi connectivity index (χ0) is 18.0. The maximum atomic E-state index is 12.3. The molecule has 6 heteroatoms. The molecule has 0 bridgehead atoms. The number of nitrogens with one attached hydrogen (secondary N) is 1. The van der Waals surface area contributed by atoms with E-state index in [-0.39, 0.29) is 11.3 Å². The normalized spacial score (nSPS) is 11.5. The van der Waals surface area contributed by atoms with Gasteiger partial charge in [-0.05, 0) is 17.2 Å². The number of rotatable bonds is 4. The van der Waals surface area contributed by atoms with E-state index in [0.717, 1.165) is 21.8 Å². The van der Waals surface area contributed by atoms with E-state index in [4.69, 9.17) is 0 Å². The van der Waals surface area contributed by atoms with Gasteiger partial charge >= 0.3 is 0 Å². The maximum Gasteiger partial charge on any atom is 0.263 e. The molecule has 0 saturated carbocycles. The minimum absolute atomic E-state index is 0.0369. The average molecular weight is 354 g/mol. The molecule has 1 N–H and O–H groups in total. The summed E-state index contributed by atoms with van der Waals surface area (Å²) in [4.78, 5) is 17.3. The molecule has 0 aliphatic heterocycles. The van der Waals surface area contributed by atoms with Crippen LogP contribution in [0.3, 0.4) is 0 Å². The topological polar surface area (TPSA) is 59.8 Å². The number of hydrogen-bond donors (Lipinski definition) is 1. The molecule has 0 radical (unpaired) electrons. The Balaban J connectivity index is 1.63. The second-order valence-electron chi connectivity index (χ2n) is 7.00. The lowest BCUT2D eigenvalue weighted by molar-refractivity contribution is 0.0955. The summed E-state index contributed by atoms with van der Waals surface area (Å²) < 4.78 is 1.84. The summed E-state index contributed by atoms with van der Waals surface area (Å²) in [5, 5.41) is 8.11. The fraction of sp³-hybridized carbons (Fsp3) is 0.316. The van der Waals surface area contributed by atoms with E-state index in [1.165, 1.54) is 11.3 Å². The third-order valence-corrected chi connectivity index (χ3v) is 5.32. The molecule has 3 rings (SSSR count). The van der Waals surface area contributed by atoms with Gasteiger partial charge in [0.15, 0.2) is 0 Å². The van der Waals surface area contributed by atoms with Crippen LogP contribution in [-0.4, -0.2) is 20.7 Å². The first-order valence-corrected chi connectivity index (χ1v) is 8.98. The molecule has 0 aliphatic carbocycles. The maximum absolute atomic E-state index is 12.3. The standard InChI is InChI=1S/C19H22N4OS/c1-19(2,3)18-21-12-16(25-18)17(24)20-11-13-5-7-14(8-6-13)15-9-10-22-23(15)4/h5-10,12H,11H2,1-4H3,(H,20,24). The van der Waals surface area contributed by atoms with E-state index in [2.05, 4.69) is 36.2 Å². The van der Waals surface area contributed by atoms with Crippen molar-refractivity contribution in [2.45, 2.75) is 32.7 Å². The Morgan fingerprint density at radius 2 is 1.92 bits per heavy atom. The van der Waals surface area contributed by atoms with Crippen molar-refractivity contribution < 1.29 is 4.79 Å². The van der Waals surface area contributed by atoms with Crippen LogP contribution >= 0.6 is 11.3 Å². The lowest BCUT2D eigenvalue weighted by atomic mass is 9.98. The Kier molecular flexibility index (Phi) is 4.72. The lowest BCUT2D eigenvalue weighted by Crippen LogP contribution is -2.21. The van der Waals surface area contributed by atoms with Gasteiger partial charge in [0.1, 0.15) is 4.88 Å². The fourth-order valence-corrected chi connectivity index (χ4v) is 3.34. The van der Waals surface area contributed by atoms with Crippen LogP contribution in [0.25, 0.3) is 11.3 Å². The van der Waals surface area contributed by atoms with Crippen molar-refractivity contribution in [3.63, 3.8) is 0 Å². The zero-order valence-electron chi connectivity index (χ0n) is 14.9. The number of amides is 1. The van der Waals surface area contributed by atoms with E-state index >= 15 is 0 Å². The molecule has 0 fully saturated rings. The Hall–Kier alpha value is -2.47. The predicted octanol–water partition coefficient (Wildman–Crippen LogP) is 3.77. The lowest BCUT2D eigenvalue weighted by Gasteiger charge is -2.13. The zero-order valence-corrected chi connectivity index (χ0v) is 15.7. The monoisotopic (exact) mass is 354 g/mol. The highest BCUT2D eigenvalue weighted by Crippen LogP contribution is 2.26. The number of aromatic nitrogens is 3. The number of carbonyl (C=O) groups is 1. The highest BCUT2D eigenvalue weighted by atomic mass is 32.1. The smallest absolute Gasteiger partial charge is 0.263 e. The van der Waals surface area contributed by atoms with Crippen molar-refractivity contribution in [1.82, 2.24) is 20.1 Å². The number of aryl methyl sites for hydroxylation is 1. The SMILES string of the molecule is Cn1nccc1-c1ccc(CNC(=O)c2cnc(C(C)(C)C)s2)cc1. The van der Waals surface area contributed by atoms with Crippen LogP contribution < -0.4 is 5.32 Å². The van der Waals surface area contributed by atoms with Gasteiger partial charge in [-0.25, -0.2) is 4.98 Å². The quantitative estimate of drug-likeness (QED) is 0.776. The molecule has 0 atom stereocenters. The van der Waals surface area contributed by atoms with Crippen molar-refractivity contribution in [1.29, 1.82) is 0 Å². The first-order valence-electron chi connectivity index (χ1n) is 8.16. The van der Waals surface area contributed by atoms with E-state index in [1.54, 1.807) is 12.4 Å². The second-order valence-corrected chi connectivity index (χ2v) is 8.03. The third-order valence-electron chi connectivity index (χ3n) is 3.89. The molecule has 0 saturated heterocycles. The van der Waals surface area contributed by atoms with Gasteiger partial charge in [-0.1, -0.05) is 45.0 Å². The molecule has 25 heavy (non-hydrogen) atoms. The molecule has 5 nitrogen and oxygen atoms in total.